The van der Waals surface area contributed by atoms with Gasteiger partial charge in [-0.25, -0.2) is 9.59 Å². The highest BCUT2D eigenvalue weighted by atomic mass is 16.4. The van der Waals surface area contributed by atoms with Crippen LogP contribution in [0.2, 0.25) is 0 Å². The summed E-state index contributed by atoms with van der Waals surface area (Å²) >= 11 is 0. The fourth-order valence-corrected chi connectivity index (χ4v) is 3.11. The molecule has 1 unspecified atom stereocenters. The van der Waals surface area contributed by atoms with E-state index < -0.39 is 12.0 Å². The largest absolute Gasteiger partial charge is 0.480 e. The quantitative estimate of drug-likeness (QED) is 0.806. The molecule has 0 aromatic rings. The van der Waals surface area contributed by atoms with Crippen LogP contribution in [-0.2, 0) is 4.79 Å². The van der Waals surface area contributed by atoms with Crippen LogP contribution < -0.4 is 5.32 Å². The van der Waals surface area contributed by atoms with Gasteiger partial charge in [0.15, 0.2) is 0 Å². The van der Waals surface area contributed by atoms with Crippen LogP contribution >= 0.6 is 0 Å². The number of rotatable bonds is 4. The van der Waals surface area contributed by atoms with Gasteiger partial charge in [0.05, 0.1) is 0 Å². The van der Waals surface area contributed by atoms with Gasteiger partial charge in [0.1, 0.15) is 6.04 Å². The van der Waals surface area contributed by atoms with Gasteiger partial charge in [0.2, 0.25) is 0 Å². The molecule has 2 saturated heterocycles. The zero-order valence-electron chi connectivity index (χ0n) is 12.3. The number of nitrogens with zero attached hydrogens (tertiary/aromatic N) is 2. The first-order valence-electron chi connectivity index (χ1n) is 7.49. The van der Waals surface area contributed by atoms with Crippen LogP contribution in [0.4, 0.5) is 4.79 Å². The summed E-state index contributed by atoms with van der Waals surface area (Å²) in [7, 11) is 0. The van der Waals surface area contributed by atoms with E-state index in [1.54, 1.807) is 4.90 Å². The molecule has 0 aromatic carbocycles. The number of hydrogen-bond acceptors (Lipinski definition) is 3. The standard InChI is InChI=1S/C14H25N3O3/c1-10(2)8-12(13(18)19)15-14(20)17-7-6-16-5-3-4-11(16)9-17/h10-12H,3-9H2,1-2H3,(H,15,20)(H,18,19)/t11?,12-/m1/s1. The Morgan fingerprint density at radius 3 is 2.70 bits per heavy atom. The van der Waals surface area contributed by atoms with Crippen molar-refractivity contribution in [2.45, 2.75) is 45.2 Å². The Bertz CT molecular complexity index is 373. The van der Waals surface area contributed by atoms with Gasteiger partial charge in [-0.05, 0) is 31.7 Å². The summed E-state index contributed by atoms with van der Waals surface area (Å²) in [5, 5.41) is 11.8. The summed E-state index contributed by atoms with van der Waals surface area (Å²) in [6, 6.07) is -0.559. The van der Waals surface area contributed by atoms with Crippen molar-refractivity contribution in [3.05, 3.63) is 0 Å². The van der Waals surface area contributed by atoms with Crippen LogP contribution in [0.15, 0.2) is 0 Å². The lowest BCUT2D eigenvalue weighted by molar-refractivity contribution is -0.139. The van der Waals surface area contributed by atoms with E-state index >= 15 is 0 Å². The molecule has 2 N–H and O–H groups in total. The highest BCUT2D eigenvalue weighted by Gasteiger charge is 2.33. The summed E-state index contributed by atoms with van der Waals surface area (Å²) in [6.07, 6.45) is 2.80. The van der Waals surface area contributed by atoms with Crippen LogP contribution in [0.3, 0.4) is 0 Å². The van der Waals surface area contributed by atoms with Crippen LogP contribution in [0.1, 0.15) is 33.1 Å². The zero-order valence-corrected chi connectivity index (χ0v) is 12.3. The number of urea groups is 1. The molecule has 20 heavy (non-hydrogen) atoms. The second-order valence-corrected chi connectivity index (χ2v) is 6.25. The first-order valence-corrected chi connectivity index (χ1v) is 7.49. The second-order valence-electron chi connectivity index (χ2n) is 6.25. The first kappa shape index (κ1) is 15.1. The van der Waals surface area contributed by atoms with Gasteiger partial charge >= 0.3 is 12.0 Å². The van der Waals surface area contributed by atoms with E-state index in [4.69, 9.17) is 0 Å². The lowest BCUT2D eigenvalue weighted by Gasteiger charge is -2.37. The highest BCUT2D eigenvalue weighted by molar-refractivity contribution is 5.82. The van der Waals surface area contributed by atoms with Crippen LogP contribution in [0, 0.1) is 5.92 Å². The molecule has 2 amide bonds. The maximum absolute atomic E-state index is 12.2. The first-order chi connectivity index (χ1) is 9.47. The van der Waals surface area contributed by atoms with Crippen LogP contribution in [-0.4, -0.2) is 65.2 Å². The van der Waals surface area contributed by atoms with Gasteiger partial charge in [-0.3, -0.25) is 4.90 Å². The van der Waals surface area contributed by atoms with Crippen molar-refractivity contribution in [2.24, 2.45) is 5.92 Å². The third-order valence-corrected chi connectivity index (χ3v) is 4.18. The minimum Gasteiger partial charge on any atom is -0.480 e. The number of amides is 2. The predicted octanol–water partition coefficient (Wildman–Crippen LogP) is 0.975. The summed E-state index contributed by atoms with van der Waals surface area (Å²) in [5.74, 6) is -0.713. The average molecular weight is 283 g/mol. The Morgan fingerprint density at radius 1 is 1.30 bits per heavy atom. The summed E-state index contributed by atoms with van der Waals surface area (Å²) in [5.41, 5.74) is 0. The van der Waals surface area contributed by atoms with Gasteiger partial charge in [-0.2, -0.15) is 0 Å². The summed E-state index contributed by atoms with van der Waals surface area (Å²) < 4.78 is 0. The number of carbonyl (C=O) groups excluding carboxylic acids is 1. The van der Waals surface area contributed by atoms with E-state index in [9.17, 15) is 14.7 Å². The minimum atomic E-state index is -0.952. The monoisotopic (exact) mass is 283 g/mol. The molecule has 0 spiro atoms. The average Bonchev–Trinajstić information content (AvgIpc) is 2.84. The van der Waals surface area contributed by atoms with Gasteiger partial charge in [-0.15, -0.1) is 0 Å². The van der Waals surface area contributed by atoms with Gasteiger partial charge in [-0.1, -0.05) is 13.8 Å². The number of fused-ring (bicyclic) bond motifs is 1. The lowest BCUT2D eigenvalue weighted by atomic mass is 10.0. The van der Waals surface area contributed by atoms with Crippen molar-refractivity contribution in [1.82, 2.24) is 15.1 Å². The Morgan fingerprint density at radius 2 is 2.05 bits per heavy atom. The SMILES string of the molecule is CC(C)C[C@@H](NC(=O)N1CCN2CCCC2C1)C(=O)O. The highest BCUT2D eigenvalue weighted by Crippen LogP contribution is 2.21. The predicted molar refractivity (Wildman–Crippen MR) is 75.6 cm³/mol. The number of piperazine rings is 1. The number of carboxylic acid groups (broad SMARTS) is 1. The van der Waals surface area contributed by atoms with Crippen molar-refractivity contribution >= 4 is 12.0 Å². The van der Waals surface area contributed by atoms with Gasteiger partial charge < -0.3 is 15.3 Å². The van der Waals surface area contributed by atoms with Crippen molar-refractivity contribution in [2.75, 3.05) is 26.2 Å². The Balaban J connectivity index is 1.88. The smallest absolute Gasteiger partial charge is 0.326 e. The molecule has 114 valence electrons. The maximum atomic E-state index is 12.2. The van der Waals surface area contributed by atoms with Crippen molar-refractivity contribution in [3.63, 3.8) is 0 Å². The molecule has 2 fully saturated rings. The molecule has 0 aliphatic carbocycles. The van der Waals surface area contributed by atoms with E-state index in [1.807, 2.05) is 13.8 Å². The molecular weight excluding hydrogens is 258 g/mol. The summed E-state index contributed by atoms with van der Waals surface area (Å²) in [4.78, 5) is 27.6. The molecule has 0 radical (unpaired) electrons. The van der Waals surface area contributed by atoms with Crippen LogP contribution in [0.5, 0.6) is 0 Å². The van der Waals surface area contributed by atoms with E-state index in [-0.39, 0.29) is 11.9 Å². The fraction of sp³-hybridized carbons (Fsp3) is 0.857. The van der Waals surface area contributed by atoms with Crippen molar-refractivity contribution in [3.8, 4) is 0 Å². The third kappa shape index (κ3) is 3.62. The lowest BCUT2D eigenvalue weighted by Crippen LogP contribution is -2.56. The molecule has 2 aliphatic rings. The van der Waals surface area contributed by atoms with Crippen molar-refractivity contribution < 1.29 is 14.7 Å². The number of hydrogen-bond donors (Lipinski definition) is 2. The second kappa shape index (κ2) is 6.43. The van der Waals surface area contributed by atoms with Gasteiger partial charge in [0, 0.05) is 25.7 Å². The van der Waals surface area contributed by atoms with Crippen LogP contribution in [0.25, 0.3) is 0 Å². The number of carboxylic acids is 1. The maximum Gasteiger partial charge on any atom is 0.326 e. The number of nitrogens with one attached hydrogen (secondary N) is 1. The molecule has 0 saturated carbocycles. The normalized spacial score (nSPS) is 24.6. The molecular formula is C14H25N3O3. The zero-order chi connectivity index (χ0) is 14.7. The topological polar surface area (TPSA) is 72.9 Å². The van der Waals surface area contributed by atoms with E-state index in [1.165, 1.54) is 6.42 Å². The Labute approximate surface area is 120 Å². The Hall–Kier alpha value is -1.30. The molecule has 2 aliphatic heterocycles. The molecule has 0 aromatic heterocycles. The van der Waals surface area contributed by atoms with Gasteiger partial charge in [0.25, 0.3) is 0 Å². The van der Waals surface area contributed by atoms with E-state index in [0.29, 0.717) is 19.0 Å². The van der Waals surface area contributed by atoms with Crippen molar-refractivity contribution in [1.29, 1.82) is 0 Å². The summed E-state index contributed by atoms with van der Waals surface area (Å²) in [6.45, 7) is 7.36. The minimum absolute atomic E-state index is 0.232. The molecule has 2 rings (SSSR count). The molecule has 0 bridgehead atoms. The molecule has 6 heteroatoms. The van der Waals surface area contributed by atoms with E-state index in [2.05, 4.69) is 10.2 Å². The Kier molecular flexibility index (Phi) is 4.86. The molecule has 2 heterocycles. The molecule has 6 nitrogen and oxygen atoms in total. The fourth-order valence-electron chi connectivity index (χ4n) is 3.11. The number of carbonyl (C=O) groups is 2. The molecule has 2 atom stereocenters. The third-order valence-electron chi connectivity index (χ3n) is 4.18. The van der Waals surface area contributed by atoms with E-state index in [0.717, 1.165) is 26.1 Å². The number of aliphatic carboxylic acids is 1.